The Bertz CT molecular complexity index is 1390. The quantitative estimate of drug-likeness (QED) is 0.237. The molecule has 204 valence electrons. The second kappa shape index (κ2) is 11.5. The van der Waals surface area contributed by atoms with Crippen LogP contribution in [0.4, 0.5) is 0 Å². The second-order valence-electron chi connectivity index (χ2n) is 9.39. The van der Waals surface area contributed by atoms with Gasteiger partial charge in [0.1, 0.15) is 11.5 Å². The number of benzene rings is 2. The average Bonchev–Trinajstić information content (AvgIpc) is 3.18. The molecule has 1 atom stereocenters. The minimum Gasteiger partial charge on any atom is -0.507 e. The van der Waals surface area contributed by atoms with Crippen LogP contribution in [-0.4, -0.2) is 54.1 Å². The maximum atomic E-state index is 13.5. The van der Waals surface area contributed by atoms with E-state index in [9.17, 15) is 14.7 Å². The number of methoxy groups -OCH3 is 3. The lowest BCUT2D eigenvalue weighted by atomic mass is 9.94. The molecule has 0 saturated carbocycles. The summed E-state index contributed by atoms with van der Waals surface area (Å²) in [5, 5.41) is 11.5. The predicted molar refractivity (Wildman–Crippen MR) is 145 cm³/mol. The Morgan fingerprint density at radius 3 is 2.13 bits per heavy atom. The number of ketones is 1. The Hall–Kier alpha value is -4.53. The number of hydrogen-bond acceptors (Lipinski definition) is 8. The highest BCUT2D eigenvalue weighted by molar-refractivity contribution is 6.46. The molecule has 1 amide bonds. The van der Waals surface area contributed by atoms with E-state index < -0.39 is 17.7 Å². The first-order valence-corrected chi connectivity index (χ1v) is 12.4. The minimum atomic E-state index is -0.932. The molecule has 1 saturated heterocycles. The molecule has 1 aromatic heterocycles. The van der Waals surface area contributed by atoms with Crippen LogP contribution in [0.2, 0.25) is 0 Å². The highest BCUT2D eigenvalue weighted by atomic mass is 16.5. The second-order valence-corrected chi connectivity index (χ2v) is 9.39. The Kier molecular flexibility index (Phi) is 8.09. The van der Waals surface area contributed by atoms with Crippen molar-refractivity contribution in [2.24, 2.45) is 0 Å². The molecule has 1 fully saturated rings. The number of rotatable bonds is 9. The van der Waals surface area contributed by atoms with E-state index in [1.54, 1.807) is 54.9 Å². The van der Waals surface area contributed by atoms with Crippen molar-refractivity contribution in [2.75, 3.05) is 21.3 Å². The number of carbonyl (C=O) groups is 2. The molecule has 1 aliphatic heterocycles. The highest BCUT2D eigenvalue weighted by Crippen LogP contribution is 2.46. The van der Waals surface area contributed by atoms with E-state index in [-0.39, 0.29) is 24.0 Å². The van der Waals surface area contributed by atoms with Gasteiger partial charge in [0.25, 0.3) is 11.7 Å². The van der Waals surface area contributed by atoms with Crippen molar-refractivity contribution in [2.45, 2.75) is 39.5 Å². The van der Waals surface area contributed by atoms with Crippen LogP contribution >= 0.6 is 0 Å². The van der Waals surface area contributed by atoms with Crippen LogP contribution in [0.5, 0.6) is 23.0 Å². The molecule has 0 spiro atoms. The number of hydrogen-bond donors (Lipinski definition) is 1. The zero-order valence-corrected chi connectivity index (χ0v) is 22.8. The molecule has 39 heavy (non-hydrogen) atoms. The molecule has 1 unspecified atom stereocenters. The molecule has 1 aliphatic rings. The van der Waals surface area contributed by atoms with Crippen LogP contribution in [0, 0.1) is 6.92 Å². The fourth-order valence-corrected chi connectivity index (χ4v) is 4.67. The van der Waals surface area contributed by atoms with E-state index in [0.717, 1.165) is 11.1 Å². The molecule has 0 aliphatic carbocycles. The molecular formula is C30H32N2O7. The molecule has 1 N–H and O–H groups in total. The minimum absolute atomic E-state index is 0.0262. The monoisotopic (exact) mass is 532 g/mol. The van der Waals surface area contributed by atoms with Crippen LogP contribution < -0.4 is 18.9 Å². The molecule has 0 radical (unpaired) electrons. The molecule has 4 rings (SSSR count). The first-order valence-electron chi connectivity index (χ1n) is 12.4. The Labute approximate surface area is 227 Å². The maximum absolute atomic E-state index is 13.5. The lowest BCUT2D eigenvalue weighted by molar-refractivity contribution is -0.140. The summed E-state index contributed by atoms with van der Waals surface area (Å²) in [5.74, 6) is -0.0700. The van der Waals surface area contributed by atoms with Gasteiger partial charge in [-0.15, -0.1) is 0 Å². The first kappa shape index (κ1) is 27.5. The summed E-state index contributed by atoms with van der Waals surface area (Å²) in [4.78, 5) is 32.4. The number of aryl methyl sites for hydroxylation is 1. The van der Waals surface area contributed by atoms with Gasteiger partial charge in [-0.25, -0.2) is 0 Å². The number of pyridine rings is 1. The topological polar surface area (TPSA) is 107 Å². The molecular weight excluding hydrogens is 500 g/mol. The van der Waals surface area contributed by atoms with Gasteiger partial charge in [-0.2, -0.15) is 0 Å². The number of aliphatic hydroxyl groups is 1. The number of likely N-dealkylation sites (tertiary alicyclic amines) is 1. The maximum Gasteiger partial charge on any atom is 0.295 e. The fourth-order valence-electron chi connectivity index (χ4n) is 4.67. The van der Waals surface area contributed by atoms with Gasteiger partial charge < -0.3 is 29.0 Å². The summed E-state index contributed by atoms with van der Waals surface area (Å²) < 4.78 is 22.3. The van der Waals surface area contributed by atoms with Crippen LogP contribution in [0.3, 0.4) is 0 Å². The Morgan fingerprint density at radius 2 is 1.59 bits per heavy atom. The SMILES string of the molecule is COc1cc(C2/C(=C(\O)c3ccc(OC(C)C)c(C)c3)C(=O)C(=O)N2Cc2ccncc2)cc(OC)c1OC. The summed E-state index contributed by atoms with van der Waals surface area (Å²) in [6.07, 6.45) is 3.20. The Morgan fingerprint density at radius 1 is 0.949 bits per heavy atom. The summed E-state index contributed by atoms with van der Waals surface area (Å²) >= 11 is 0. The van der Waals surface area contributed by atoms with Gasteiger partial charge in [-0.1, -0.05) is 0 Å². The molecule has 9 nitrogen and oxygen atoms in total. The van der Waals surface area contributed by atoms with E-state index in [1.807, 2.05) is 20.8 Å². The van der Waals surface area contributed by atoms with Crippen LogP contribution in [-0.2, 0) is 16.1 Å². The van der Waals surface area contributed by atoms with Crippen molar-refractivity contribution in [1.82, 2.24) is 9.88 Å². The average molecular weight is 533 g/mol. The normalized spacial score (nSPS) is 16.5. The third-order valence-electron chi connectivity index (χ3n) is 6.46. The van der Waals surface area contributed by atoms with Crippen LogP contribution in [0.25, 0.3) is 5.76 Å². The van der Waals surface area contributed by atoms with E-state index in [1.165, 1.54) is 26.2 Å². The molecule has 3 aromatic rings. The molecule has 0 bridgehead atoms. The fraction of sp³-hybridized carbons (Fsp3) is 0.300. The number of amides is 1. The van der Waals surface area contributed by atoms with E-state index in [4.69, 9.17) is 18.9 Å². The summed E-state index contributed by atoms with van der Waals surface area (Å²) in [6.45, 7) is 5.82. The number of ether oxygens (including phenoxy) is 4. The highest BCUT2D eigenvalue weighted by Gasteiger charge is 2.46. The third kappa shape index (κ3) is 5.38. The summed E-state index contributed by atoms with van der Waals surface area (Å²) in [5.41, 5.74) is 2.41. The van der Waals surface area contributed by atoms with Crippen LogP contribution in [0.1, 0.15) is 42.1 Å². The van der Waals surface area contributed by atoms with E-state index in [2.05, 4.69) is 4.98 Å². The van der Waals surface area contributed by atoms with Crippen LogP contribution in [0.15, 0.2) is 60.4 Å². The predicted octanol–water partition coefficient (Wildman–Crippen LogP) is 4.82. The molecule has 9 heteroatoms. The summed E-state index contributed by atoms with van der Waals surface area (Å²) in [7, 11) is 4.46. The van der Waals surface area contributed by atoms with Crippen molar-refractivity contribution in [3.63, 3.8) is 0 Å². The smallest absolute Gasteiger partial charge is 0.295 e. The number of Topliss-reactive ketones (excluding diaryl/α,β-unsaturated/α-hetero) is 1. The van der Waals surface area contributed by atoms with E-state index in [0.29, 0.717) is 34.1 Å². The number of nitrogens with zero attached hydrogens (tertiary/aromatic N) is 2. The first-order chi connectivity index (χ1) is 18.7. The van der Waals surface area contributed by atoms with Gasteiger partial charge in [0.05, 0.1) is 39.0 Å². The van der Waals surface area contributed by atoms with Gasteiger partial charge in [-0.05, 0) is 79.9 Å². The van der Waals surface area contributed by atoms with Crippen molar-refractivity contribution < 1.29 is 33.6 Å². The van der Waals surface area contributed by atoms with Crippen molar-refractivity contribution in [3.8, 4) is 23.0 Å². The van der Waals surface area contributed by atoms with Gasteiger partial charge in [0.15, 0.2) is 11.5 Å². The van der Waals surface area contributed by atoms with Gasteiger partial charge in [-0.3, -0.25) is 14.6 Å². The molecule has 2 aromatic carbocycles. The zero-order valence-electron chi connectivity index (χ0n) is 22.8. The largest absolute Gasteiger partial charge is 0.507 e. The summed E-state index contributed by atoms with van der Waals surface area (Å²) in [6, 6.07) is 11.1. The zero-order chi connectivity index (χ0) is 28.3. The number of aliphatic hydroxyl groups excluding tert-OH is 1. The Balaban J connectivity index is 1.92. The van der Waals surface area contributed by atoms with Crippen molar-refractivity contribution >= 4 is 17.4 Å². The van der Waals surface area contributed by atoms with Crippen molar-refractivity contribution in [1.29, 1.82) is 0 Å². The lowest BCUT2D eigenvalue weighted by Gasteiger charge is -2.26. The molecule has 2 heterocycles. The number of aromatic nitrogens is 1. The lowest BCUT2D eigenvalue weighted by Crippen LogP contribution is -2.29. The van der Waals surface area contributed by atoms with Gasteiger partial charge in [0.2, 0.25) is 5.75 Å². The van der Waals surface area contributed by atoms with E-state index >= 15 is 0 Å². The number of carbonyl (C=O) groups excluding carboxylic acids is 2. The van der Waals surface area contributed by atoms with Gasteiger partial charge in [0, 0.05) is 24.5 Å². The third-order valence-corrected chi connectivity index (χ3v) is 6.46. The van der Waals surface area contributed by atoms with Gasteiger partial charge >= 0.3 is 0 Å². The van der Waals surface area contributed by atoms with Crippen molar-refractivity contribution in [3.05, 3.63) is 82.7 Å². The standard InChI is InChI=1S/C30H32N2O7/c1-17(2)39-22-8-7-20(13-18(22)3)27(33)25-26(21-14-23(36-4)29(38-6)24(15-21)37-5)32(30(35)28(25)34)16-19-9-11-31-12-10-19/h7-15,17,26,33H,16H2,1-6H3/b27-25+.